The topological polar surface area (TPSA) is 58.4 Å². The number of carbonyl (C=O) groups excluding carboxylic acids is 1. The summed E-state index contributed by atoms with van der Waals surface area (Å²) < 4.78 is 0. The first kappa shape index (κ1) is 18.4. The molecule has 0 spiro atoms. The van der Waals surface area contributed by atoms with Crippen LogP contribution in [0.3, 0.4) is 0 Å². The maximum Gasteiger partial charge on any atom is 0.220 e. The van der Waals surface area contributed by atoms with Gasteiger partial charge in [0.1, 0.15) is 0 Å². The zero-order valence-electron chi connectivity index (χ0n) is 14.3. The fourth-order valence-electron chi connectivity index (χ4n) is 3.04. The fourth-order valence-corrected chi connectivity index (χ4v) is 3.04. The molecule has 4 heteroatoms. The van der Waals surface area contributed by atoms with E-state index in [0.29, 0.717) is 6.42 Å². The van der Waals surface area contributed by atoms with Crippen molar-refractivity contribution < 1.29 is 4.79 Å². The zero-order valence-corrected chi connectivity index (χ0v) is 14.3. The summed E-state index contributed by atoms with van der Waals surface area (Å²) in [5.74, 6) is 0.970. The third kappa shape index (κ3) is 7.28. The maximum absolute atomic E-state index is 11.9. The van der Waals surface area contributed by atoms with Crippen molar-refractivity contribution in [2.24, 2.45) is 11.7 Å². The quantitative estimate of drug-likeness (QED) is 0.643. The highest BCUT2D eigenvalue weighted by molar-refractivity contribution is 5.75. The van der Waals surface area contributed by atoms with Crippen LogP contribution in [0.4, 0.5) is 0 Å². The Kier molecular flexibility index (Phi) is 8.27. The van der Waals surface area contributed by atoms with E-state index >= 15 is 0 Å². The molecule has 4 nitrogen and oxygen atoms in total. The van der Waals surface area contributed by atoms with Gasteiger partial charge in [-0.3, -0.25) is 9.69 Å². The van der Waals surface area contributed by atoms with Gasteiger partial charge in [-0.1, -0.05) is 19.8 Å². The molecule has 0 aromatic carbocycles. The molecule has 3 N–H and O–H groups in total. The van der Waals surface area contributed by atoms with E-state index in [1.807, 2.05) is 0 Å². The number of hydrogen-bond acceptors (Lipinski definition) is 3. The first-order valence-corrected chi connectivity index (χ1v) is 8.67. The molecule has 1 saturated heterocycles. The van der Waals surface area contributed by atoms with Crippen molar-refractivity contribution in [3.05, 3.63) is 0 Å². The minimum Gasteiger partial charge on any atom is -0.354 e. The average Bonchev–Trinajstić information content (AvgIpc) is 2.45. The number of rotatable bonds is 9. The van der Waals surface area contributed by atoms with E-state index in [1.54, 1.807) is 0 Å². The monoisotopic (exact) mass is 297 g/mol. The largest absolute Gasteiger partial charge is 0.354 e. The predicted octanol–water partition coefficient (Wildman–Crippen LogP) is 2.52. The number of carbonyl (C=O) groups is 1. The summed E-state index contributed by atoms with van der Waals surface area (Å²) in [6.07, 6.45) is 7.56. The van der Waals surface area contributed by atoms with Crippen LogP contribution in [0, 0.1) is 5.92 Å². The molecule has 1 aliphatic heterocycles. The third-order valence-electron chi connectivity index (χ3n) is 4.59. The van der Waals surface area contributed by atoms with Gasteiger partial charge in [0.2, 0.25) is 5.91 Å². The highest BCUT2D eigenvalue weighted by Gasteiger charge is 2.30. The summed E-state index contributed by atoms with van der Waals surface area (Å²) in [5, 5.41) is 3.12. The Balaban J connectivity index is 2.21. The summed E-state index contributed by atoms with van der Waals surface area (Å²) in [5.41, 5.74) is 5.52. The van der Waals surface area contributed by atoms with E-state index in [1.165, 1.54) is 12.8 Å². The smallest absolute Gasteiger partial charge is 0.220 e. The molecule has 0 radical (unpaired) electrons. The van der Waals surface area contributed by atoms with E-state index in [0.717, 1.165) is 57.8 Å². The van der Waals surface area contributed by atoms with Crippen LogP contribution >= 0.6 is 0 Å². The number of nitrogens with two attached hydrogens (primary N) is 1. The Morgan fingerprint density at radius 2 is 2.00 bits per heavy atom. The number of likely N-dealkylation sites (tertiary alicyclic amines) is 1. The van der Waals surface area contributed by atoms with Crippen molar-refractivity contribution in [3.8, 4) is 0 Å². The molecule has 1 heterocycles. The van der Waals surface area contributed by atoms with Crippen LogP contribution < -0.4 is 11.1 Å². The van der Waals surface area contributed by atoms with E-state index in [9.17, 15) is 4.79 Å². The maximum atomic E-state index is 11.9. The molecule has 0 aliphatic carbocycles. The van der Waals surface area contributed by atoms with Crippen LogP contribution in [0.25, 0.3) is 0 Å². The van der Waals surface area contributed by atoms with Gasteiger partial charge in [-0.25, -0.2) is 0 Å². The number of nitrogens with one attached hydrogen (secondary N) is 1. The highest BCUT2D eigenvalue weighted by atomic mass is 16.1. The van der Waals surface area contributed by atoms with E-state index in [2.05, 4.69) is 31.0 Å². The minimum absolute atomic E-state index is 0.0594. The predicted molar refractivity (Wildman–Crippen MR) is 89.2 cm³/mol. The molecule has 1 aliphatic rings. The average molecular weight is 297 g/mol. The van der Waals surface area contributed by atoms with E-state index in [-0.39, 0.29) is 11.4 Å². The molecular formula is C17H35N3O. The number of unbranched alkanes of at least 4 members (excludes halogenated alkanes) is 3. The third-order valence-corrected chi connectivity index (χ3v) is 4.59. The second-order valence-corrected chi connectivity index (χ2v) is 7.24. The first-order chi connectivity index (χ1) is 9.95. The van der Waals surface area contributed by atoms with Crippen LogP contribution in [0.1, 0.15) is 65.7 Å². The molecule has 0 saturated carbocycles. The van der Waals surface area contributed by atoms with Gasteiger partial charge >= 0.3 is 0 Å². The first-order valence-electron chi connectivity index (χ1n) is 8.67. The van der Waals surface area contributed by atoms with Crippen LogP contribution in [-0.4, -0.2) is 42.5 Å². The fraction of sp³-hybridized carbons (Fsp3) is 0.941. The van der Waals surface area contributed by atoms with Gasteiger partial charge in [0.05, 0.1) is 0 Å². The second-order valence-electron chi connectivity index (χ2n) is 7.24. The van der Waals surface area contributed by atoms with Crippen LogP contribution in [-0.2, 0) is 4.79 Å². The summed E-state index contributed by atoms with van der Waals surface area (Å²) in [4.78, 5) is 14.4. The summed E-state index contributed by atoms with van der Waals surface area (Å²) in [7, 11) is 0. The van der Waals surface area contributed by atoms with Gasteiger partial charge in [0, 0.05) is 25.0 Å². The molecule has 0 aromatic heterocycles. The molecule has 1 atom stereocenters. The van der Waals surface area contributed by atoms with Gasteiger partial charge in [0.25, 0.3) is 0 Å². The summed E-state index contributed by atoms with van der Waals surface area (Å²) in [6.45, 7) is 10.6. The molecule has 0 bridgehead atoms. The van der Waals surface area contributed by atoms with Crippen molar-refractivity contribution in [3.63, 3.8) is 0 Å². The van der Waals surface area contributed by atoms with Crippen molar-refractivity contribution in [1.82, 2.24) is 10.2 Å². The Bertz CT molecular complexity index is 304. The standard InChI is InChI=1S/C17H35N3O/c1-15-9-8-12-20(13-15)17(2,3)14-19-16(21)10-6-4-5-7-11-18/h15H,4-14,18H2,1-3H3,(H,19,21). The highest BCUT2D eigenvalue weighted by Crippen LogP contribution is 2.23. The van der Waals surface area contributed by atoms with Crippen LogP contribution in [0.15, 0.2) is 0 Å². The lowest BCUT2D eigenvalue weighted by Crippen LogP contribution is -2.54. The lowest BCUT2D eigenvalue weighted by molar-refractivity contribution is -0.121. The zero-order chi connectivity index (χ0) is 15.7. The summed E-state index contributed by atoms with van der Waals surface area (Å²) in [6, 6.07) is 0. The van der Waals surface area contributed by atoms with E-state index in [4.69, 9.17) is 5.73 Å². The second kappa shape index (κ2) is 9.42. The Hall–Kier alpha value is -0.610. The Morgan fingerprint density at radius 3 is 2.67 bits per heavy atom. The van der Waals surface area contributed by atoms with Gasteiger partial charge in [0.15, 0.2) is 0 Å². The number of nitrogens with zero attached hydrogens (tertiary/aromatic N) is 1. The van der Waals surface area contributed by atoms with Gasteiger partial charge in [-0.15, -0.1) is 0 Å². The SMILES string of the molecule is CC1CCCN(C(C)(C)CNC(=O)CCCCCCN)C1. The van der Waals surface area contributed by atoms with Gasteiger partial charge < -0.3 is 11.1 Å². The minimum atomic E-state index is 0.0594. The molecular weight excluding hydrogens is 262 g/mol. The van der Waals surface area contributed by atoms with Gasteiger partial charge in [-0.2, -0.15) is 0 Å². The van der Waals surface area contributed by atoms with Crippen molar-refractivity contribution in [1.29, 1.82) is 0 Å². The Morgan fingerprint density at radius 1 is 1.29 bits per heavy atom. The molecule has 124 valence electrons. The van der Waals surface area contributed by atoms with E-state index < -0.39 is 0 Å². The van der Waals surface area contributed by atoms with Gasteiger partial charge in [-0.05, 0) is 58.5 Å². The number of piperidine rings is 1. The lowest BCUT2D eigenvalue weighted by atomic mass is 9.93. The Labute approximate surface area is 130 Å². The van der Waals surface area contributed by atoms with Crippen molar-refractivity contribution in [2.75, 3.05) is 26.2 Å². The molecule has 1 unspecified atom stereocenters. The molecule has 1 rings (SSSR count). The van der Waals surface area contributed by atoms with Crippen molar-refractivity contribution in [2.45, 2.75) is 71.3 Å². The molecule has 1 amide bonds. The molecule has 21 heavy (non-hydrogen) atoms. The molecule has 1 fully saturated rings. The van der Waals surface area contributed by atoms with Crippen molar-refractivity contribution >= 4 is 5.91 Å². The van der Waals surface area contributed by atoms with Crippen LogP contribution in [0.2, 0.25) is 0 Å². The number of hydrogen-bond donors (Lipinski definition) is 2. The normalized spacial score (nSPS) is 20.5. The van der Waals surface area contributed by atoms with Crippen LogP contribution in [0.5, 0.6) is 0 Å². The molecule has 0 aromatic rings. The lowest BCUT2D eigenvalue weighted by Gasteiger charge is -2.43. The number of amides is 1. The summed E-state index contributed by atoms with van der Waals surface area (Å²) >= 11 is 0.